The van der Waals surface area contributed by atoms with Gasteiger partial charge in [0.1, 0.15) is 5.82 Å². The van der Waals surface area contributed by atoms with E-state index < -0.39 is 5.82 Å². The summed E-state index contributed by atoms with van der Waals surface area (Å²) in [4.78, 5) is 12.2. The van der Waals surface area contributed by atoms with Crippen LogP contribution in [-0.4, -0.2) is 5.78 Å². The monoisotopic (exact) mass is 296 g/mol. The van der Waals surface area contributed by atoms with Crippen molar-refractivity contribution in [2.45, 2.75) is 32.1 Å². The minimum absolute atomic E-state index is 0.161. The van der Waals surface area contributed by atoms with Crippen molar-refractivity contribution in [3.63, 3.8) is 0 Å². The second-order valence-electron chi connectivity index (χ2n) is 4.26. The van der Waals surface area contributed by atoms with Crippen LogP contribution in [0, 0.1) is 5.82 Å². The van der Waals surface area contributed by atoms with Gasteiger partial charge in [0.2, 0.25) is 0 Å². The summed E-state index contributed by atoms with van der Waals surface area (Å²) in [7, 11) is 0. The predicted molar refractivity (Wildman–Crippen MR) is 69.6 cm³/mol. The summed E-state index contributed by atoms with van der Waals surface area (Å²) >= 11 is 3.11. The minimum atomic E-state index is -0.456. The van der Waals surface area contributed by atoms with Crippen molar-refractivity contribution in [3.05, 3.63) is 45.7 Å². The molecule has 2 rings (SSSR count). The second-order valence-corrected chi connectivity index (χ2v) is 5.11. The molecule has 1 aliphatic rings. The maximum Gasteiger partial charge on any atom is 0.191 e. The van der Waals surface area contributed by atoms with E-state index in [1.165, 1.54) is 0 Å². The Hall–Kier alpha value is -0.960. The molecule has 0 heterocycles. The van der Waals surface area contributed by atoms with E-state index in [9.17, 15) is 9.18 Å². The van der Waals surface area contributed by atoms with E-state index in [0.29, 0.717) is 4.47 Å². The molecule has 0 bridgehead atoms. The van der Waals surface area contributed by atoms with E-state index in [1.54, 1.807) is 18.2 Å². The van der Waals surface area contributed by atoms with E-state index >= 15 is 0 Å². The molecule has 0 atom stereocenters. The highest BCUT2D eigenvalue weighted by atomic mass is 79.9. The summed E-state index contributed by atoms with van der Waals surface area (Å²) in [6.07, 6.45) is 6.95. The van der Waals surface area contributed by atoms with Crippen LogP contribution in [-0.2, 0) is 0 Å². The van der Waals surface area contributed by atoms with E-state index in [4.69, 9.17) is 0 Å². The SMILES string of the molecule is O=C(C1=CCCCCC1)c1cccc(Br)c1F. The van der Waals surface area contributed by atoms with Gasteiger partial charge in [-0.25, -0.2) is 4.39 Å². The summed E-state index contributed by atoms with van der Waals surface area (Å²) < 4.78 is 14.2. The minimum Gasteiger partial charge on any atom is -0.289 e. The fourth-order valence-corrected chi connectivity index (χ4v) is 2.44. The lowest BCUT2D eigenvalue weighted by Gasteiger charge is -2.06. The molecule has 0 amide bonds. The number of allylic oxidation sites excluding steroid dienone is 2. The maximum atomic E-state index is 13.8. The molecular formula is C14H14BrFO. The molecule has 0 saturated carbocycles. The molecule has 0 unspecified atom stereocenters. The van der Waals surface area contributed by atoms with Gasteiger partial charge in [0, 0.05) is 0 Å². The van der Waals surface area contributed by atoms with Crippen molar-refractivity contribution in [2.24, 2.45) is 0 Å². The Bertz CT molecular complexity index is 465. The lowest BCUT2D eigenvalue weighted by Crippen LogP contribution is -2.06. The number of Topliss-reactive ketones (excluding diaryl/α,β-unsaturated/α-hetero) is 1. The molecule has 0 spiro atoms. The number of carbonyl (C=O) groups is 1. The Morgan fingerprint density at radius 3 is 2.88 bits per heavy atom. The first kappa shape index (κ1) is 12.5. The molecular weight excluding hydrogens is 283 g/mol. The highest BCUT2D eigenvalue weighted by Gasteiger charge is 2.18. The van der Waals surface area contributed by atoms with Crippen LogP contribution in [0.3, 0.4) is 0 Å². The zero-order chi connectivity index (χ0) is 12.3. The lowest BCUT2D eigenvalue weighted by atomic mass is 9.99. The van der Waals surface area contributed by atoms with Crippen LogP contribution in [0.4, 0.5) is 4.39 Å². The van der Waals surface area contributed by atoms with Gasteiger partial charge in [0.15, 0.2) is 5.78 Å². The number of ketones is 1. The molecule has 0 radical (unpaired) electrons. The first-order valence-corrected chi connectivity index (χ1v) is 6.67. The van der Waals surface area contributed by atoms with Gasteiger partial charge in [-0.3, -0.25) is 4.79 Å². The standard InChI is InChI=1S/C14H14BrFO/c15-12-9-5-8-11(13(12)16)14(17)10-6-3-1-2-4-7-10/h5-6,8-9H,1-4,7H2. The van der Waals surface area contributed by atoms with E-state index in [2.05, 4.69) is 15.9 Å². The number of rotatable bonds is 2. The first-order chi connectivity index (χ1) is 8.20. The molecule has 1 nitrogen and oxygen atoms in total. The van der Waals surface area contributed by atoms with Gasteiger partial charge >= 0.3 is 0 Å². The Balaban J connectivity index is 2.30. The summed E-state index contributed by atoms with van der Waals surface area (Å²) in [6.45, 7) is 0. The van der Waals surface area contributed by atoms with Crippen molar-refractivity contribution < 1.29 is 9.18 Å². The fraction of sp³-hybridized carbons (Fsp3) is 0.357. The largest absolute Gasteiger partial charge is 0.289 e. The third-order valence-corrected chi connectivity index (χ3v) is 3.64. The van der Waals surface area contributed by atoms with Crippen LogP contribution < -0.4 is 0 Å². The fourth-order valence-electron chi connectivity index (χ4n) is 2.07. The Morgan fingerprint density at radius 2 is 2.06 bits per heavy atom. The average molecular weight is 297 g/mol. The smallest absolute Gasteiger partial charge is 0.191 e. The van der Waals surface area contributed by atoms with E-state index in [1.807, 2.05) is 6.08 Å². The number of benzene rings is 1. The summed E-state index contributed by atoms with van der Waals surface area (Å²) in [5.74, 6) is -0.617. The molecule has 0 fully saturated rings. The quantitative estimate of drug-likeness (QED) is 0.725. The van der Waals surface area contributed by atoms with Crippen molar-refractivity contribution >= 4 is 21.7 Å². The molecule has 0 aliphatic heterocycles. The summed E-state index contributed by atoms with van der Waals surface area (Å²) in [6, 6.07) is 4.85. The Morgan fingerprint density at radius 1 is 1.24 bits per heavy atom. The topological polar surface area (TPSA) is 17.1 Å². The number of hydrogen-bond donors (Lipinski definition) is 0. The van der Waals surface area contributed by atoms with Gasteiger partial charge in [-0.1, -0.05) is 18.6 Å². The second kappa shape index (κ2) is 5.58. The third-order valence-electron chi connectivity index (χ3n) is 3.03. The van der Waals surface area contributed by atoms with Gasteiger partial charge < -0.3 is 0 Å². The zero-order valence-corrected chi connectivity index (χ0v) is 11.1. The van der Waals surface area contributed by atoms with Gasteiger partial charge in [0.05, 0.1) is 10.0 Å². The third kappa shape index (κ3) is 2.83. The maximum absolute atomic E-state index is 13.8. The lowest BCUT2D eigenvalue weighted by molar-refractivity contribution is 0.102. The molecule has 1 aromatic carbocycles. The van der Waals surface area contributed by atoms with Crippen LogP contribution in [0.5, 0.6) is 0 Å². The van der Waals surface area contributed by atoms with Gasteiger partial charge in [-0.2, -0.15) is 0 Å². The van der Waals surface area contributed by atoms with Crippen LogP contribution in [0.2, 0.25) is 0 Å². The molecule has 90 valence electrons. The molecule has 0 N–H and O–H groups in total. The molecule has 1 aromatic rings. The first-order valence-electron chi connectivity index (χ1n) is 5.88. The van der Waals surface area contributed by atoms with Crippen molar-refractivity contribution in [1.82, 2.24) is 0 Å². The normalized spacial score (nSPS) is 16.2. The molecule has 1 aliphatic carbocycles. The van der Waals surface area contributed by atoms with Crippen LogP contribution in [0.15, 0.2) is 34.3 Å². The number of hydrogen-bond acceptors (Lipinski definition) is 1. The van der Waals surface area contributed by atoms with Crippen LogP contribution in [0.25, 0.3) is 0 Å². The van der Waals surface area contributed by atoms with Crippen LogP contribution >= 0.6 is 15.9 Å². The summed E-state index contributed by atoms with van der Waals surface area (Å²) in [5.41, 5.74) is 0.937. The molecule has 3 heteroatoms. The number of halogens is 2. The van der Waals surface area contributed by atoms with Crippen molar-refractivity contribution in [2.75, 3.05) is 0 Å². The number of carbonyl (C=O) groups excluding carboxylic acids is 1. The van der Waals surface area contributed by atoms with Gasteiger partial charge in [0.25, 0.3) is 0 Å². The Labute approximate surface area is 109 Å². The highest BCUT2D eigenvalue weighted by Crippen LogP contribution is 2.25. The summed E-state index contributed by atoms with van der Waals surface area (Å²) in [5, 5.41) is 0. The zero-order valence-electron chi connectivity index (χ0n) is 9.51. The van der Waals surface area contributed by atoms with Crippen molar-refractivity contribution in [3.8, 4) is 0 Å². The van der Waals surface area contributed by atoms with Crippen molar-refractivity contribution in [1.29, 1.82) is 0 Å². The van der Waals surface area contributed by atoms with E-state index in [0.717, 1.165) is 37.7 Å². The molecule has 17 heavy (non-hydrogen) atoms. The van der Waals surface area contributed by atoms with Gasteiger partial charge in [-0.15, -0.1) is 0 Å². The van der Waals surface area contributed by atoms with Crippen LogP contribution in [0.1, 0.15) is 42.5 Å². The molecule has 0 saturated heterocycles. The Kier molecular flexibility index (Phi) is 4.11. The molecule has 0 aromatic heterocycles. The average Bonchev–Trinajstić information content (AvgIpc) is 2.60. The van der Waals surface area contributed by atoms with E-state index in [-0.39, 0.29) is 11.3 Å². The highest BCUT2D eigenvalue weighted by molar-refractivity contribution is 9.10. The predicted octanol–water partition coefficient (Wildman–Crippen LogP) is 4.66. The van der Waals surface area contributed by atoms with Gasteiger partial charge in [-0.05, 0) is 59.3 Å².